The Balaban J connectivity index is 2.11. The molecule has 72 valence electrons. The van der Waals surface area contributed by atoms with E-state index in [0.29, 0.717) is 13.2 Å². The molecule has 1 aliphatic rings. The number of rotatable bonds is 1. The quantitative estimate of drug-likeness (QED) is 0.676. The molecule has 0 amide bonds. The molecular weight excluding hydrogens is 182 g/mol. The molecule has 0 saturated heterocycles. The highest BCUT2D eigenvalue weighted by Crippen LogP contribution is 2.20. The van der Waals surface area contributed by atoms with E-state index in [0.717, 1.165) is 24.0 Å². The fourth-order valence-corrected chi connectivity index (χ4v) is 1.58. The molecule has 0 radical (unpaired) electrons. The molecule has 5 heteroatoms. The van der Waals surface area contributed by atoms with Crippen molar-refractivity contribution in [2.75, 3.05) is 6.61 Å². The predicted molar refractivity (Wildman–Crippen MR) is 47.4 cm³/mol. The lowest BCUT2D eigenvalue weighted by Crippen LogP contribution is -2.17. The average Bonchev–Trinajstić information content (AvgIpc) is 2.85. The van der Waals surface area contributed by atoms with E-state index >= 15 is 0 Å². The number of aromatic nitrogens is 3. The van der Waals surface area contributed by atoms with Crippen LogP contribution in [0.3, 0.4) is 0 Å². The molecule has 2 aromatic rings. The maximum Gasteiger partial charge on any atom is 0.199 e. The van der Waals surface area contributed by atoms with Crippen LogP contribution in [-0.2, 0) is 17.9 Å². The summed E-state index contributed by atoms with van der Waals surface area (Å²) in [5.41, 5.74) is 0. The van der Waals surface area contributed by atoms with E-state index < -0.39 is 0 Å². The van der Waals surface area contributed by atoms with Crippen molar-refractivity contribution in [3.05, 3.63) is 24.2 Å². The normalized spacial score (nSPS) is 15.4. The van der Waals surface area contributed by atoms with E-state index in [-0.39, 0.29) is 0 Å². The number of fused-ring (bicyclic) bond motifs is 1. The van der Waals surface area contributed by atoms with Gasteiger partial charge in [0.2, 0.25) is 0 Å². The summed E-state index contributed by atoms with van der Waals surface area (Å²) in [4.78, 5) is 0. The summed E-state index contributed by atoms with van der Waals surface area (Å²) in [6.07, 6.45) is 1.64. The summed E-state index contributed by atoms with van der Waals surface area (Å²) in [7, 11) is 0. The van der Waals surface area contributed by atoms with E-state index in [9.17, 15) is 0 Å². The smallest absolute Gasteiger partial charge is 0.199 e. The van der Waals surface area contributed by atoms with Gasteiger partial charge in [0, 0.05) is 6.54 Å². The highest BCUT2D eigenvalue weighted by molar-refractivity contribution is 5.46. The monoisotopic (exact) mass is 191 g/mol. The van der Waals surface area contributed by atoms with Crippen LogP contribution in [0.2, 0.25) is 0 Å². The molecule has 3 heterocycles. The van der Waals surface area contributed by atoms with Crippen molar-refractivity contribution in [1.82, 2.24) is 14.8 Å². The summed E-state index contributed by atoms with van der Waals surface area (Å²) in [5, 5.41) is 8.12. The minimum atomic E-state index is 0.535. The first kappa shape index (κ1) is 7.75. The summed E-state index contributed by atoms with van der Waals surface area (Å²) < 4.78 is 12.6. The minimum Gasteiger partial charge on any atom is -0.461 e. The second-order valence-electron chi connectivity index (χ2n) is 3.12. The molecule has 1 aliphatic heterocycles. The second-order valence-corrected chi connectivity index (χ2v) is 3.12. The van der Waals surface area contributed by atoms with Crippen LogP contribution in [0, 0.1) is 0 Å². The summed E-state index contributed by atoms with van der Waals surface area (Å²) in [5.74, 6) is 2.40. The lowest BCUT2D eigenvalue weighted by molar-refractivity contribution is 0.0819. The Bertz CT molecular complexity index is 433. The number of nitrogens with zero attached hydrogens (tertiary/aromatic N) is 3. The van der Waals surface area contributed by atoms with Gasteiger partial charge in [-0.15, -0.1) is 10.2 Å². The van der Waals surface area contributed by atoms with Crippen molar-refractivity contribution in [3.8, 4) is 11.6 Å². The first-order valence-corrected chi connectivity index (χ1v) is 4.49. The Morgan fingerprint density at radius 3 is 3.21 bits per heavy atom. The molecule has 2 aromatic heterocycles. The Morgan fingerprint density at radius 1 is 1.36 bits per heavy atom. The Kier molecular flexibility index (Phi) is 1.63. The number of furan rings is 1. The van der Waals surface area contributed by atoms with E-state index in [1.807, 2.05) is 16.7 Å². The molecule has 3 rings (SSSR count). The largest absolute Gasteiger partial charge is 0.461 e. The van der Waals surface area contributed by atoms with Gasteiger partial charge in [-0.25, -0.2) is 0 Å². The van der Waals surface area contributed by atoms with E-state index in [4.69, 9.17) is 9.15 Å². The molecule has 0 unspecified atom stereocenters. The van der Waals surface area contributed by atoms with Gasteiger partial charge in [0.15, 0.2) is 17.4 Å². The van der Waals surface area contributed by atoms with Crippen LogP contribution in [0.25, 0.3) is 11.6 Å². The van der Waals surface area contributed by atoms with Gasteiger partial charge in [-0.2, -0.15) is 0 Å². The SMILES string of the molecule is c1coc(-c2nnc3n2CCOC3)c1. The van der Waals surface area contributed by atoms with Crippen molar-refractivity contribution in [3.63, 3.8) is 0 Å². The first-order valence-electron chi connectivity index (χ1n) is 4.49. The predicted octanol–water partition coefficient (Wildman–Crippen LogP) is 1.07. The van der Waals surface area contributed by atoms with Crippen molar-refractivity contribution < 1.29 is 9.15 Å². The Hall–Kier alpha value is -1.62. The molecule has 5 nitrogen and oxygen atoms in total. The maximum atomic E-state index is 5.28. The zero-order valence-electron chi connectivity index (χ0n) is 7.51. The zero-order valence-corrected chi connectivity index (χ0v) is 7.51. The number of hydrogen-bond acceptors (Lipinski definition) is 4. The van der Waals surface area contributed by atoms with Crippen LogP contribution in [0.1, 0.15) is 5.82 Å². The highest BCUT2D eigenvalue weighted by Gasteiger charge is 2.18. The second kappa shape index (κ2) is 2.95. The topological polar surface area (TPSA) is 53.1 Å². The number of ether oxygens (including phenoxy) is 1. The zero-order chi connectivity index (χ0) is 9.38. The summed E-state index contributed by atoms with van der Waals surface area (Å²) >= 11 is 0. The maximum absolute atomic E-state index is 5.28. The average molecular weight is 191 g/mol. The van der Waals surface area contributed by atoms with Crippen molar-refractivity contribution in [1.29, 1.82) is 0 Å². The van der Waals surface area contributed by atoms with Gasteiger partial charge in [0.1, 0.15) is 6.61 Å². The minimum absolute atomic E-state index is 0.535. The molecule has 0 spiro atoms. The molecule has 0 atom stereocenters. The van der Waals surface area contributed by atoms with Crippen LogP contribution < -0.4 is 0 Å². The van der Waals surface area contributed by atoms with Gasteiger partial charge in [0.05, 0.1) is 12.9 Å². The van der Waals surface area contributed by atoms with Crippen LogP contribution in [0.5, 0.6) is 0 Å². The van der Waals surface area contributed by atoms with Gasteiger partial charge in [0.25, 0.3) is 0 Å². The van der Waals surface area contributed by atoms with Crippen molar-refractivity contribution in [2.24, 2.45) is 0 Å². The molecular formula is C9H9N3O2. The van der Waals surface area contributed by atoms with E-state index in [2.05, 4.69) is 10.2 Å². The lowest BCUT2D eigenvalue weighted by Gasteiger charge is -2.14. The van der Waals surface area contributed by atoms with E-state index in [1.54, 1.807) is 6.26 Å². The van der Waals surface area contributed by atoms with Crippen LogP contribution in [0.4, 0.5) is 0 Å². The molecule has 0 saturated carbocycles. The molecule has 14 heavy (non-hydrogen) atoms. The molecule has 0 N–H and O–H groups in total. The van der Waals surface area contributed by atoms with Gasteiger partial charge in [-0.05, 0) is 12.1 Å². The fourth-order valence-electron chi connectivity index (χ4n) is 1.58. The Labute approximate surface area is 80.3 Å². The third-order valence-corrected chi connectivity index (χ3v) is 2.26. The van der Waals surface area contributed by atoms with Gasteiger partial charge < -0.3 is 13.7 Å². The standard InChI is InChI=1S/C9H9N3O2/c1-2-7(14-4-1)9-11-10-8-6-13-5-3-12(8)9/h1-2,4H,3,5-6H2. The van der Waals surface area contributed by atoms with Crippen molar-refractivity contribution in [2.45, 2.75) is 13.2 Å². The van der Waals surface area contributed by atoms with Crippen LogP contribution in [-0.4, -0.2) is 21.4 Å². The number of hydrogen-bond donors (Lipinski definition) is 0. The molecule has 0 bridgehead atoms. The van der Waals surface area contributed by atoms with Gasteiger partial charge in [-0.1, -0.05) is 0 Å². The van der Waals surface area contributed by atoms with Crippen LogP contribution in [0.15, 0.2) is 22.8 Å². The first-order chi connectivity index (χ1) is 6.95. The third kappa shape index (κ3) is 1.06. The van der Waals surface area contributed by atoms with Gasteiger partial charge in [-0.3, -0.25) is 0 Å². The lowest BCUT2D eigenvalue weighted by atomic mass is 10.4. The third-order valence-electron chi connectivity index (χ3n) is 2.26. The fraction of sp³-hybridized carbons (Fsp3) is 0.333. The molecule has 0 fully saturated rings. The van der Waals surface area contributed by atoms with Crippen molar-refractivity contribution >= 4 is 0 Å². The highest BCUT2D eigenvalue weighted by atomic mass is 16.5. The summed E-state index contributed by atoms with van der Waals surface area (Å²) in [6.45, 7) is 2.03. The summed E-state index contributed by atoms with van der Waals surface area (Å²) in [6, 6.07) is 3.73. The Morgan fingerprint density at radius 2 is 2.36 bits per heavy atom. The van der Waals surface area contributed by atoms with E-state index in [1.165, 1.54) is 0 Å². The van der Waals surface area contributed by atoms with Gasteiger partial charge >= 0.3 is 0 Å². The molecule has 0 aromatic carbocycles. The van der Waals surface area contributed by atoms with Crippen LogP contribution >= 0.6 is 0 Å². The molecule has 0 aliphatic carbocycles.